The first-order valence-corrected chi connectivity index (χ1v) is 8.32. The van der Waals surface area contributed by atoms with Crippen LogP contribution in [0.25, 0.3) is 0 Å². The summed E-state index contributed by atoms with van der Waals surface area (Å²) < 4.78 is 12.3. The van der Waals surface area contributed by atoms with Crippen molar-refractivity contribution >= 4 is 0 Å². The van der Waals surface area contributed by atoms with E-state index in [-0.39, 0.29) is 5.60 Å². The molecule has 2 aliphatic rings. The molecule has 0 aromatic heterocycles. The molecule has 22 heavy (non-hydrogen) atoms. The smallest absolute Gasteiger partial charge is 0.125 e. The van der Waals surface area contributed by atoms with E-state index in [0.29, 0.717) is 12.0 Å². The molecule has 3 rings (SSSR count). The Kier molecular flexibility index (Phi) is 4.33. The molecule has 2 aliphatic heterocycles. The Balaban J connectivity index is 1.88. The van der Waals surface area contributed by atoms with E-state index in [1.807, 2.05) is 6.07 Å². The third-order valence-electron chi connectivity index (χ3n) is 4.64. The normalized spacial score (nSPS) is 27.3. The molecule has 2 unspecified atom stereocenters. The van der Waals surface area contributed by atoms with Crippen LogP contribution in [0.15, 0.2) is 18.2 Å². The van der Waals surface area contributed by atoms with Crippen LogP contribution in [0.5, 0.6) is 11.5 Å². The number of hydrogen-bond acceptors (Lipinski definition) is 4. The Morgan fingerprint density at radius 3 is 2.86 bits per heavy atom. The van der Waals surface area contributed by atoms with Gasteiger partial charge in [-0.05, 0) is 44.8 Å². The molecule has 122 valence electrons. The van der Waals surface area contributed by atoms with Gasteiger partial charge in [-0.3, -0.25) is 0 Å². The quantitative estimate of drug-likeness (QED) is 0.927. The second-order valence-electron chi connectivity index (χ2n) is 7.30. The SMILES string of the molecule is CC(C)COc1ccc2c(c1)C(N(C)C)CC1(CCNC1)O2. The fourth-order valence-electron chi connectivity index (χ4n) is 3.41. The van der Waals surface area contributed by atoms with E-state index in [0.717, 1.165) is 44.0 Å². The zero-order chi connectivity index (χ0) is 15.7. The highest BCUT2D eigenvalue weighted by Crippen LogP contribution is 2.45. The molecule has 0 amide bonds. The molecule has 0 aliphatic carbocycles. The van der Waals surface area contributed by atoms with E-state index < -0.39 is 0 Å². The molecule has 4 heteroatoms. The summed E-state index contributed by atoms with van der Waals surface area (Å²) in [7, 11) is 4.30. The van der Waals surface area contributed by atoms with Gasteiger partial charge in [-0.1, -0.05) is 13.8 Å². The standard InChI is InChI=1S/C18H28N2O2/c1-13(2)11-21-14-5-6-17-15(9-14)16(20(3)4)10-18(22-17)7-8-19-12-18/h5-6,9,13,16,19H,7-8,10-12H2,1-4H3. The summed E-state index contributed by atoms with van der Waals surface area (Å²) in [5.41, 5.74) is 1.21. The molecular formula is C18H28N2O2. The summed E-state index contributed by atoms with van der Waals surface area (Å²) in [6.45, 7) is 7.08. The van der Waals surface area contributed by atoms with Crippen molar-refractivity contribution in [3.63, 3.8) is 0 Å². The Morgan fingerprint density at radius 1 is 1.41 bits per heavy atom. The van der Waals surface area contributed by atoms with Crippen LogP contribution in [-0.2, 0) is 0 Å². The van der Waals surface area contributed by atoms with Crippen molar-refractivity contribution in [2.45, 2.75) is 38.3 Å². The van der Waals surface area contributed by atoms with Crippen molar-refractivity contribution in [1.82, 2.24) is 10.2 Å². The van der Waals surface area contributed by atoms with Crippen LogP contribution in [0.2, 0.25) is 0 Å². The zero-order valence-corrected chi connectivity index (χ0v) is 14.2. The summed E-state index contributed by atoms with van der Waals surface area (Å²) in [6, 6.07) is 6.67. The van der Waals surface area contributed by atoms with E-state index in [1.54, 1.807) is 0 Å². The predicted octanol–water partition coefficient (Wildman–Crippen LogP) is 2.84. The van der Waals surface area contributed by atoms with Gasteiger partial charge in [0.05, 0.1) is 6.61 Å². The Labute approximate surface area is 133 Å². The van der Waals surface area contributed by atoms with Gasteiger partial charge in [-0.15, -0.1) is 0 Å². The molecule has 0 bridgehead atoms. The maximum atomic E-state index is 6.40. The summed E-state index contributed by atoms with van der Waals surface area (Å²) in [6.07, 6.45) is 2.12. The minimum absolute atomic E-state index is 0.0394. The monoisotopic (exact) mass is 304 g/mol. The number of ether oxygens (including phenoxy) is 2. The van der Waals surface area contributed by atoms with Crippen molar-refractivity contribution in [3.05, 3.63) is 23.8 Å². The van der Waals surface area contributed by atoms with Crippen LogP contribution < -0.4 is 14.8 Å². The highest BCUT2D eigenvalue weighted by atomic mass is 16.5. The fraction of sp³-hybridized carbons (Fsp3) is 0.667. The maximum absolute atomic E-state index is 6.40. The van der Waals surface area contributed by atoms with Crippen LogP contribution in [0.4, 0.5) is 0 Å². The lowest BCUT2D eigenvalue weighted by atomic mass is 9.86. The van der Waals surface area contributed by atoms with Crippen LogP contribution in [0, 0.1) is 5.92 Å². The average molecular weight is 304 g/mol. The predicted molar refractivity (Wildman–Crippen MR) is 88.7 cm³/mol. The van der Waals surface area contributed by atoms with Gasteiger partial charge in [-0.2, -0.15) is 0 Å². The third-order valence-corrected chi connectivity index (χ3v) is 4.64. The Morgan fingerprint density at radius 2 is 2.23 bits per heavy atom. The number of nitrogens with one attached hydrogen (secondary N) is 1. The van der Waals surface area contributed by atoms with Crippen LogP contribution in [0.3, 0.4) is 0 Å². The summed E-state index contributed by atoms with van der Waals surface area (Å²) in [4.78, 5) is 2.30. The van der Waals surface area contributed by atoms with Gasteiger partial charge >= 0.3 is 0 Å². The average Bonchev–Trinajstić information content (AvgIpc) is 2.92. The zero-order valence-electron chi connectivity index (χ0n) is 14.2. The molecule has 0 saturated carbocycles. The highest BCUT2D eigenvalue weighted by molar-refractivity contribution is 5.44. The van der Waals surface area contributed by atoms with Crippen molar-refractivity contribution in [2.24, 2.45) is 5.92 Å². The number of hydrogen-bond donors (Lipinski definition) is 1. The van der Waals surface area contributed by atoms with E-state index in [9.17, 15) is 0 Å². The number of nitrogens with zero attached hydrogens (tertiary/aromatic N) is 1. The summed E-state index contributed by atoms with van der Waals surface area (Å²) in [5, 5.41) is 3.45. The van der Waals surface area contributed by atoms with Crippen molar-refractivity contribution in [3.8, 4) is 11.5 Å². The third kappa shape index (κ3) is 3.08. The van der Waals surface area contributed by atoms with Gasteiger partial charge < -0.3 is 19.7 Å². The second-order valence-corrected chi connectivity index (χ2v) is 7.30. The van der Waals surface area contributed by atoms with Crippen LogP contribution in [0.1, 0.15) is 38.3 Å². The van der Waals surface area contributed by atoms with E-state index in [1.165, 1.54) is 5.56 Å². The number of benzene rings is 1. The molecule has 1 aromatic rings. The molecule has 2 atom stereocenters. The first kappa shape index (κ1) is 15.6. The lowest BCUT2D eigenvalue weighted by Crippen LogP contribution is -2.45. The topological polar surface area (TPSA) is 33.7 Å². The van der Waals surface area contributed by atoms with Crippen molar-refractivity contribution in [2.75, 3.05) is 33.8 Å². The first-order chi connectivity index (χ1) is 10.5. The molecule has 1 spiro atoms. The van der Waals surface area contributed by atoms with Crippen LogP contribution >= 0.6 is 0 Å². The second kappa shape index (κ2) is 6.09. The largest absolute Gasteiger partial charge is 0.493 e. The molecule has 2 heterocycles. The van der Waals surface area contributed by atoms with Gasteiger partial charge in [-0.25, -0.2) is 0 Å². The molecule has 1 aromatic carbocycles. The Bertz CT molecular complexity index is 522. The van der Waals surface area contributed by atoms with E-state index >= 15 is 0 Å². The maximum Gasteiger partial charge on any atom is 0.125 e. The lowest BCUT2D eigenvalue weighted by molar-refractivity contribution is 0.0287. The highest BCUT2D eigenvalue weighted by Gasteiger charge is 2.43. The number of fused-ring (bicyclic) bond motifs is 1. The molecule has 4 nitrogen and oxygen atoms in total. The van der Waals surface area contributed by atoms with Crippen molar-refractivity contribution < 1.29 is 9.47 Å². The fourth-order valence-corrected chi connectivity index (χ4v) is 3.41. The van der Waals surface area contributed by atoms with Gasteiger partial charge in [0.1, 0.15) is 17.1 Å². The van der Waals surface area contributed by atoms with E-state index in [2.05, 4.69) is 50.3 Å². The molecule has 1 N–H and O–H groups in total. The van der Waals surface area contributed by atoms with Gasteiger partial charge in [0.2, 0.25) is 0 Å². The van der Waals surface area contributed by atoms with Crippen molar-refractivity contribution in [1.29, 1.82) is 0 Å². The molecule has 1 fully saturated rings. The molecular weight excluding hydrogens is 276 g/mol. The van der Waals surface area contributed by atoms with Gasteiger partial charge in [0, 0.05) is 31.0 Å². The molecule has 0 radical (unpaired) electrons. The van der Waals surface area contributed by atoms with E-state index in [4.69, 9.17) is 9.47 Å². The van der Waals surface area contributed by atoms with Gasteiger partial charge in [0.15, 0.2) is 0 Å². The van der Waals surface area contributed by atoms with Crippen LogP contribution in [-0.4, -0.2) is 44.3 Å². The lowest BCUT2D eigenvalue weighted by Gasteiger charge is -2.42. The Hall–Kier alpha value is -1.26. The minimum atomic E-state index is -0.0394. The first-order valence-electron chi connectivity index (χ1n) is 8.32. The van der Waals surface area contributed by atoms with Gasteiger partial charge in [0.25, 0.3) is 0 Å². The number of rotatable bonds is 4. The summed E-state index contributed by atoms with van der Waals surface area (Å²) >= 11 is 0. The molecule has 1 saturated heterocycles. The minimum Gasteiger partial charge on any atom is -0.493 e. The summed E-state index contributed by atoms with van der Waals surface area (Å²) in [5.74, 6) is 2.50.